The minimum Gasteiger partial charge on any atom is -0.487 e. The summed E-state index contributed by atoms with van der Waals surface area (Å²) in [5.74, 6) is 0. The molecule has 0 spiro atoms. The lowest BCUT2D eigenvalue weighted by atomic mass is 10.1. The summed E-state index contributed by atoms with van der Waals surface area (Å²) in [5, 5.41) is 0.988. The molecule has 0 saturated heterocycles. The van der Waals surface area contributed by atoms with Crippen molar-refractivity contribution in [3.05, 3.63) is 65.8 Å². The molecule has 0 heterocycles. The van der Waals surface area contributed by atoms with Crippen molar-refractivity contribution in [3.8, 4) is 0 Å². The molecule has 192 valence electrons. The largest absolute Gasteiger partial charge is 0.735 e. The van der Waals surface area contributed by atoms with E-state index in [2.05, 4.69) is 53.7 Å². The average Bonchev–Trinajstić information content (AvgIpc) is 2.88. The first-order valence-electron chi connectivity index (χ1n) is 13.7. The second-order valence-electron chi connectivity index (χ2n) is 8.98. The third kappa shape index (κ3) is 11.0. The first-order valence-corrected chi connectivity index (χ1v) is 15.4. The second kappa shape index (κ2) is 18.4. The van der Waals surface area contributed by atoms with Crippen LogP contribution in [0.1, 0.15) is 119 Å². The maximum Gasteiger partial charge on any atom is 0.735 e. The summed E-state index contributed by atoms with van der Waals surface area (Å²) in [6.45, 7) is 13.3. The lowest BCUT2D eigenvalue weighted by molar-refractivity contribution is 0.194. The van der Waals surface area contributed by atoms with E-state index in [1.165, 1.54) is 55.2 Å². The Balaban J connectivity index is 3.44. The first-order chi connectivity index (χ1) is 16.6. The van der Waals surface area contributed by atoms with Crippen LogP contribution in [-0.4, -0.2) is 8.80 Å². The van der Waals surface area contributed by atoms with Gasteiger partial charge >= 0.3 is 8.80 Å². The molecule has 1 rings (SSSR count). The molecular weight excluding hydrogens is 436 g/mol. The number of hydrogen-bond acceptors (Lipinski definition) is 3. The molecule has 0 amide bonds. The third-order valence-corrected chi connectivity index (χ3v) is 8.51. The van der Waals surface area contributed by atoms with Gasteiger partial charge in [-0.1, -0.05) is 91.1 Å². The predicted octanol–water partition coefficient (Wildman–Crippen LogP) is 9.33. The van der Waals surface area contributed by atoms with Crippen LogP contribution in [0.15, 0.2) is 65.8 Å². The van der Waals surface area contributed by atoms with Gasteiger partial charge in [0, 0.05) is 0 Å². The lowest BCUT2D eigenvalue weighted by Crippen LogP contribution is -2.54. The highest BCUT2D eigenvalue weighted by atomic mass is 28.4. The summed E-state index contributed by atoms with van der Waals surface area (Å²) < 4.78 is 19.8. The predicted molar refractivity (Wildman–Crippen MR) is 149 cm³/mol. The zero-order valence-electron chi connectivity index (χ0n) is 22.8. The van der Waals surface area contributed by atoms with Crippen LogP contribution in [0.3, 0.4) is 0 Å². The van der Waals surface area contributed by atoms with E-state index in [1.807, 2.05) is 37.0 Å². The van der Waals surface area contributed by atoms with Gasteiger partial charge in [0.25, 0.3) is 0 Å². The van der Waals surface area contributed by atoms with Gasteiger partial charge in [-0.25, -0.2) is 0 Å². The average molecular weight is 487 g/mol. The van der Waals surface area contributed by atoms with E-state index in [0.29, 0.717) is 0 Å². The Labute approximate surface area is 211 Å². The molecule has 0 N–H and O–H groups in total. The van der Waals surface area contributed by atoms with Gasteiger partial charge in [0.1, 0.15) is 0 Å². The Kier molecular flexibility index (Phi) is 16.3. The molecule has 1 aromatic carbocycles. The van der Waals surface area contributed by atoms with Gasteiger partial charge in [0.15, 0.2) is 0 Å². The second-order valence-corrected chi connectivity index (χ2v) is 11.4. The zero-order valence-corrected chi connectivity index (χ0v) is 23.8. The van der Waals surface area contributed by atoms with Crippen molar-refractivity contribution in [1.29, 1.82) is 0 Å². The maximum absolute atomic E-state index is 6.61. The van der Waals surface area contributed by atoms with Crippen LogP contribution in [0, 0.1) is 0 Å². The standard InChI is InChI=1S/C30H50O3Si/c1-7-13-19-27(10-4)24-31-34(30-22-17-16-18-23-30,32-25-28(11-5)20-14-8-2)33-26-29(12-6)21-15-9-3/h16-18,22-26H,7-15,19-21H2,1-6H3. The van der Waals surface area contributed by atoms with Gasteiger partial charge in [-0.15, -0.1) is 0 Å². The van der Waals surface area contributed by atoms with Crippen LogP contribution in [-0.2, 0) is 13.3 Å². The zero-order chi connectivity index (χ0) is 25.1. The lowest BCUT2D eigenvalue weighted by Gasteiger charge is -2.27. The summed E-state index contributed by atoms with van der Waals surface area (Å²) >= 11 is 0. The fraction of sp³-hybridized carbons (Fsp3) is 0.600. The van der Waals surface area contributed by atoms with Crippen LogP contribution in [0.5, 0.6) is 0 Å². The third-order valence-electron chi connectivity index (χ3n) is 6.19. The SMILES string of the molecule is CCCCC(=CO[Si](OC=C(CC)CCCC)(OC=C(CC)CCCC)c1ccccc1)CC. The number of allylic oxidation sites excluding steroid dienone is 3. The van der Waals surface area contributed by atoms with Crippen molar-refractivity contribution >= 4 is 14.0 Å². The van der Waals surface area contributed by atoms with E-state index < -0.39 is 8.80 Å². The normalized spacial score (nSPS) is 14.6. The smallest absolute Gasteiger partial charge is 0.487 e. The Morgan fingerprint density at radius 2 is 0.941 bits per heavy atom. The quantitative estimate of drug-likeness (QED) is 0.144. The van der Waals surface area contributed by atoms with E-state index in [4.69, 9.17) is 13.3 Å². The highest BCUT2D eigenvalue weighted by molar-refractivity contribution is 6.75. The Morgan fingerprint density at radius 3 is 1.24 bits per heavy atom. The topological polar surface area (TPSA) is 27.7 Å². The molecule has 0 radical (unpaired) electrons. The highest BCUT2D eigenvalue weighted by Gasteiger charge is 2.49. The van der Waals surface area contributed by atoms with Crippen LogP contribution in [0.25, 0.3) is 0 Å². The van der Waals surface area contributed by atoms with E-state index in [-0.39, 0.29) is 0 Å². The molecule has 0 aliphatic carbocycles. The van der Waals surface area contributed by atoms with Crippen LogP contribution < -0.4 is 5.19 Å². The molecule has 0 bridgehead atoms. The molecule has 0 unspecified atom stereocenters. The van der Waals surface area contributed by atoms with Gasteiger partial charge in [-0.05, 0) is 74.5 Å². The van der Waals surface area contributed by atoms with Gasteiger partial charge < -0.3 is 13.3 Å². The summed E-state index contributed by atoms with van der Waals surface area (Å²) in [5.41, 5.74) is 3.91. The number of unbranched alkanes of at least 4 members (excludes halogenated alkanes) is 3. The number of benzene rings is 1. The molecule has 0 saturated carbocycles. The molecule has 34 heavy (non-hydrogen) atoms. The molecule has 3 nitrogen and oxygen atoms in total. The van der Waals surface area contributed by atoms with Crippen molar-refractivity contribution in [2.75, 3.05) is 0 Å². The fourth-order valence-electron chi connectivity index (χ4n) is 3.58. The number of hydrogen-bond donors (Lipinski definition) is 0. The highest BCUT2D eigenvalue weighted by Crippen LogP contribution is 2.22. The van der Waals surface area contributed by atoms with Crippen molar-refractivity contribution in [3.63, 3.8) is 0 Å². The maximum atomic E-state index is 6.61. The molecule has 0 atom stereocenters. The van der Waals surface area contributed by atoms with E-state index in [0.717, 1.165) is 43.7 Å². The van der Waals surface area contributed by atoms with Crippen LogP contribution >= 0.6 is 0 Å². The summed E-state index contributed by atoms with van der Waals surface area (Å²) in [4.78, 5) is 0. The van der Waals surface area contributed by atoms with Gasteiger partial charge in [0.2, 0.25) is 0 Å². The first kappa shape index (κ1) is 30.1. The van der Waals surface area contributed by atoms with E-state index >= 15 is 0 Å². The van der Waals surface area contributed by atoms with Gasteiger partial charge in [0.05, 0.1) is 24.0 Å². The minimum atomic E-state index is -3.26. The van der Waals surface area contributed by atoms with Gasteiger partial charge in [-0.2, -0.15) is 0 Å². The number of rotatable bonds is 19. The van der Waals surface area contributed by atoms with E-state index in [1.54, 1.807) is 0 Å². The fourth-order valence-corrected chi connectivity index (χ4v) is 5.72. The molecule has 0 fully saturated rings. The molecular formula is C30H50O3Si. The van der Waals surface area contributed by atoms with Crippen molar-refractivity contribution in [2.45, 2.75) is 119 Å². The van der Waals surface area contributed by atoms with Crippen LogP contribution in [0.2, 0.25) is 0 Å². The van der Waals surface area contributed by atoms with Crippen molar-refractivity contribution in [2.24, 2.45) is 0 Å². The minimum absolute atomic E-state index is 0.971. The monoisotopic (exact) mass is 486 g/mol. The molecule has 0 aromatic heterocycles. The molecule has 0 aliphatic heterocycles. The van der Waals surface area contributed by atoms with Crippen molar-refractivity contribution in [1.82, 2.24) is 0 Å². The Bertz CT molecular complexity index is 667. The van der Waals surface area contributed by atoms with Crippen molar-refractivity contribution < 1.29 is 13.3 Å². The molecule has 0 aliphatic rings. The van der Waals surface area contributed by atoms with E-state index in [9.17, 15) is 0 Å². The van der Waals surface area contributed by atoms with Gasteiger partial charge in [-0.3, -0.25) is 0 Å². The Morgan fingerprint density at radius 1 is 0.588 bits per heavy atom. The Hall–Kier alpha value is -1.94. The summed E-state index contributed by atoms with van der Waals surface area (Å²) in [6.07, 6.45) is 18.9. The molecule has 4 heteroatoms. The van der Waals surface area contributed by atoms with Crippen LogP contribution in [0.4, 0.5) is 0 Å². The summed E-state index contributed by atoms with van der Waals surface area (Å²) in [7, 11) is -3.26. The summed E-state index contributed by atoms with van der Waals surface area (Å²) in [6, 6.07) is 10.3. The molecule has 1 aromatic rings.